The van der Waals surface area contributed by atoms with Crippen LogP contribution in [-0.4, -0.2) is 13.2 Å². The third-order valence-electron chi connectivity index (χ3n) is 2.53. The molecule has 0 radical (unpaired) electrons. The van der Waals surface area contributed by atoms with Crippen molar-refractivity contribution >= 4 is 0 Å². The van der Waals surface area contributed by atoms with Crippen LogP contribution in [0.3, 0.4) is 0 Å². The average molecular weight is 255 g/mol. The van der Waals surface area contributed by atoms with Crippen molar-refractivity contribution in [3.8, 4) is 17.2 Å². The fourth-order valence-electron chi connectivity index (χ4n) is 1.47. The van der Waals surface area contributed by atoms with Crippen LogP contribution < -0.4 is 15.2 Å². The van der Waals surface area contributed by atoms with E-state index in [0.717, 1.165) is 22.8 Å². The molecule has 2 aromatic carbocycles. The lowest BCUT2D eigenvalue weighted by Crippen LogP contribution is -2.09. The van der Waals surface area contributed by atoms with Gasteiger partial charge in [0.05, 0.1) is 0 Å². The van der Waals surface area contributed by atoms with Crippen molar-refractivity contribution in [2.45, 2.75) is 0 Å². The van der Waals surface area contributed by atoms with Gasteiger partial charge in [0, 0.05) is 6.54 Å². The number of ether oxygens (including phenoxy) is 2. The zero-order chi connectivity index (χ0) is 13.5. The molecule has 0 saturated carbocycles. The van der Waals surface area contributed by atoms with Crippen LogP contribution in [-0.2, 0) is 0 Å². The van der Waals surface area contributed by atoms with Crippen LogP contribution in [0.5, 0.6) is 17.2 Å². The van der Waals surface area contributed by atoms with Crippen molar-refractivity contribution in [3.63, 3.8) is 0 Å². The minimum absolute atomic E-state index is 0.440. The average Bonchev–Trinajstić information content (AvgIpc) is 2.47. The van der Waals surface area contributed by atoms with Gasteiger partial charge in [-0.05, 0) is 42.0 Å². The van der Waals surface area contributed by atoms with Gasteiger partial charge in [-0.3, -0.25) is 0 Å². The lowest BCUT2D eigenvalue weighted by atomic mass is 10.3. The number of hydrogen-bond acceptors (Lipinski definition) is 3. The summed E-state index contributed by atoms with van der Waals surface area (Å²) in [6.07, 6.45) is 0. The second-order valence-corrected chi connectivity index (χ2v) is 4.13. The lowest BCUT2D eigenvalue weighted by molar-refractivity contribution is 0.350. The Morgan fingerprint density at radius 2 is 1.47 bits per heavy atom. The van der Waals surface area contributed by atoms with Gasteiger partial charge in [0.2, 0.25) is 0 Å². The van der Waals surface area contributed by atoms with Gasteiger partial charge in [-0.25, -0.2) is 0 Å². The highest BCUT2D eigenvalue weighted by Gasteiger charge is 1.99. The molecule has 2 rings (SSSR count). The van der Waals surface area contributed by atoms with Gasteiger partial charge in [-0.1, -0.05) is 24.8 Å². The molecule has 3 heteroatoms. The van der Waals surface area contributed by atoms with Crippen LogP contribution >= 0.6 is 0 Å². The Morgan fingerprint density at radius 1 is 0.895 bits per heavy atom. The molecule has 0 heterocycles. The second-order valence-electron chi connectivity index (χ2n) is 4.13. The summed E-state index contributed by atoms with van der Waals surface area (Å²) in [5.41, 5.74) is 6.31. The molecule has 0 atom stereocenters. The van der Waals surface area contributed by atoms with Gasteiger partial charge in [0.1, 0.15) is 23.9 Å². The van der Waals surface area contributed by atoms with Crippen molar-refractivity contribution < 1.29 is 9.47 Å². The first-order chi connectivity index (χ1) is 9.28. The van der Waals surface area contributed by atoms with E-state index >= 15 is 0 Å². The minimum Gasteiger partial charge on any atom is -0.489 e. The maximum absolute atomic E-state index is 5.69. The summed E-state index contributed by atoms with van der Waals surface area (Å²) in [6, 6.07) is 17.1. The monoisotopic (exact) mass is 255 g/mol. The molecule has 0 saturated heterocycles. The molecule has 0 amide bonds. The normalized spacial score (nSPS) is 9.95. The standard InChI is InChI=1S/C16H17NO2/c1-13(11-17)12-18-14-7-9-16(10-8-14)19-15-5-3-2-4-6-15/h2-10H,1,11-12,17H2. The molecule has 3 nitrogen and oxygen atoms in total. The predicted octanol–water partition coefficient (Wildman–Crippen LogP) is 3.37. The molecular weight excluding hydrogens is 238 g/mol. The minimum atomic E-state index is 0.440. The number of para-hydroxylation sites is 1. The quantitative estimate of drug-likeness (QED) is 0.805. The summed E-state index contributed by atoms with van der Waals surface area (Å²) < 4.78 is 11.2. The topological polar surface area (TPSA) is 44.5 Å². The third kappa shape index (κ3) is 4.16. The Balaban J connectivity index is 1.93. The Morgan fingerprint density at radius 3 is 2.11 bits per heavy atom. The largest absolute Gasteiger partial charge is 0.489 e. The third-order valence-corrected chi connectivity index (χ3v) is 2.53. The molecule has 0 aromatic heterocycles. The van der Waals surface area contributed by atoms with E-state index in [1.807, 2.05) is 54.6 Å². The van der Waals surface area contributed by atoms with Gasteiger partial charge in [0.15, 0.2) is 0 Å². The van der Waals surface area contributed by atoms with E-state index in [1.54, 1.807) is 0 Å². The highest BCUT2D eigenvalue weighted by Crippen LogP contribution is 2.23. The summed E-state index contributed by atoms with van der Waals surface area (Å²) in [5, 5.41) is 0. The Labute approximate surface area is 113 Å². The summed E-state index contributed by atoms with van der Waals surface area (Å²) in [5.74, 6) is 2.36. The number of rotatable bonds is 6. The number of benzene rings is 2. The molecule has 0 aliphatic rings. The van der Waals surface area contributed by atoms with Crippen LogP contribution in [0.15, 0.2) is 66.7 Å². The zero-order valence-corrected chi connectivity index (χ0v) is 10.7. The molecule has 0 aliphatic heterocycles. The van der Waals surface area contributed by atoms with Crippen molar-refractivity contribution in [1.29, 1.82) is 0 Å². The van der Waals surface area contributed by atoms with Crippen LogP contribution in [0.1, 0.15) is 0 Å². The fraction of sp³-hybridized carbons (Fsp3) is 0.125. The molecule has 0 bridgehead atoms. The second kappa shape index (κ2) is 6.61. The van der Waals surface area contributed by atoms with Gasteiger partial charge in [-0.15, -0.1) is 0 Å². The van der Waals surface area contributed by atoms with E-state index in [1.165, 1.54) is 0 Å². The lowest BCUT2D eigenvalue weighted by Gasteiger charge is -2.09. The highest BCUT2D eigenvalue weighted by atomic mass is 16.5. The Bertz CT molecular complexity index is 520. The van der Waals surface area contributed by atoms with Gasteiger partial charge < -0.3 is 15.2 Å². The van der Waals surface area contributed by atoms with E-state index in [4.69, 9.17) is 15.2 Å². The van der Waals surface area contributed by atoms with Gasteiger partial charge in [0.25, 0.3) is 0 Å². The van der Waals surface area contributed by atoms with Crippen molar-refractivity contribution in [3.05, 3.63) is 66.7 Å². The van der Waals surface area contributed by atoms with Gasteiger partial charge in [-0.2, -0.15) is 0 Å². The van der Waals surface area contributed by atoms with E-state index < -0.39 is 0 Å². The zero-order valence-electron chi connectivity index (χ0n) is 10.7. The summed E-state index contributed by atoms with van der Waals surface area (Å²) in [7, 11) is 0. The Hall–Kier alpha value is -2.26. The van der Waals surface area contributed by atoms with Crippen molar-refractivity contribution in [2.24, 2.45) is 5.73 Å². The molecule has 0 spiro atoms. The van der Waals surface area contributed by atoms with Crippen molar-refractivity contribution in [1.82, 2.24) is 0 Å². The van der Waals surface area contributed by atoms with E-state index in [9.17, 15) is 0 Å². The molecule has 2 N–H and O–H groups in total. The molecule has 2 aromatic rings. The summed E-state index contributed by atoms with van der Waals surface area (Å²) >= 11 is 0. The van der Waals surface area contributed by atoms with Crippen molar-refractivity contribution in [2.75, 3.05) is 13.2 Å². The Kier molecular flexibility index (Phi) is 4.59. The molecule has 0 fully saturated rings. The molecule has 19 heavy (non-hydrogen) atoms. The first kappa shape index (κ1) is 13.2. The van der Waals surface area contributed by atoms with Crippen LogP contribution in [0.2, 0.25) is 0 Å². The van der Waals surface area contributed by atoms with Crippen LogP contribution in [0.25, 0.3) is 0 Å². The predicted molar refractivity (Wildman–Crippen MR) is 76.6 cm³/mol. The molecule has 0 aliphatic carbocycles. The maximum Gasteiger partial charge on any atom is 0.127 e. The number of nitrogens with two attached hydrogens (primary N) is 1. The number of hydrogen-bond donors (Lipinski definition) is 1. The van der Waals surface area contributed by atoms with E-state index in [-0.39, 0.29) is 0 Å². The molecular formula is C16H17NO2. The first-order valence-corrected chi connectivity index (χ1v) is 6.10. The van der Waals surface area contributed by atoms with Crippen LogP contribution in [0.4, 0.5) is 0 Å². The first-order valence-electron chi connectivity index (χ1n) is 6.10. The van der Waals surface area contributed by atoms with Crippen LogP contribution in [0, 0.1) is 0 Å². The SMILES string of the molecule is C=C(CN)COc1ccc(Oc2ccccc2)cc1. The summed E-state index contributed by atoms with van der Waals surface area (Å²) in [4.78, 5) is 0. The fourth-order valence-corrected chi connectivity index (χ4v) is 1.47. The van der Waals surface area contributed by atoms with Gasteiger partial charge >= 0.3 is 0 Å². The smallest absolute Gasteiger partial charge is 0.127 e. The maximum atomic E-state index is 5.69. The van der Waals surface area contributed by atoms with E-state index in [0.29, 0.717) is 13.2 Å². The molecule has 98 valence electrons. The highest BCUT2D eigenvalue weighted by molar-refractivity contribution is 5.35. The summed E-state index contributed by atoms with van der Waals surface area (Å²) in [6.45, 7) is 4.67. The van der Waals surface area contributed by atoms with E-state index in [2.05, 4.69) is 6.58 Å². The molecule has 0 unspecified atom stereocenters.